The molecule has 0 radical (unpaired) electrons. The van der Waals surface area contributed by atoms with Crippen molar-refractivity contribution in [2.45, 2.75) is 238 Å². The molecule has 3 atom stereocenters. The normalized spacial score (nSPS) is 13.8. The van der Waals surface area contributed by atoms with Crippen LogP contribution in [0.15, 0.2) is 12.2 Å². The lowest BCUT2D eigenvalue weighted by Gasteiger charge is -2.21. The highest BCUT2D eigenvalue weighted by atomic mass is 16.3. The second-order valence-corrected chi connectivity index (χ2v) is 14.3. The van der Waals surface area contributed by atoms with Crippen LogP contribution in [0.5, 0.6) is 0 Å². The predicted molar refractivity (Wildman–Crippen MR) is 199 cm³/mol. The number of unbranched alkanes of at least 4 members (excludes halogenated alkanes) is 28. The lowest BCUT2D eigenvalue weighted by molar-refractivity contribution is -0.124. The van der Waals surface area contributed by atoms with Crippen molar-refractivity contribution in [1.29, 1.82) is 0 Å². The molecule has 0 saturated carbocycles. The molecule has 0 aromatic carbocycles. The molecule has 0 bridgehead atoms. The third-order valence-electron chi connectivity index (χ3n) is 9.57. The Morgan fingerprint density at radius 3 is 1.26 bits per heavy atom. The molecule has 5 nitrogen and oxygen atoms in total. The topological polar surface area (TPSA) is 89.8 Å². The molecule has 0 aliphatic carbocycles. The van der Waals surface area contributed by atoms with Gasteiger partial charge in [0.15, 0.2) is 0 Å². The molecule has 0 aliphatic rings. The lowest BCUT2D eigenvalue weighted by atomic mass is 10.0. The smallest absolute Gasteiger partial charge is 0.222 e. The van der Waals surface area contributed by atoms with Gasteiger partial charge in [0.05, 0.1) is 31.3 Å². The Labute approximate surface area is 287 Å². The first kappa shape index (κ1) is 45.1. The van der Waals surface area contributed by atoms with Gasteiger partial charge in [0, 0.05) is 0 Å². The summed E-state index contributed by atoms with van der Waals surface area (Å²) in [6, 6.07) is -0.737. The van der Waals surface area contributed by atoms with E-state index in [0.29, 0.717) is 6.42 Å². The number of rotatable bonds is 37. The van der Waals surface area contributed by atoms with Gasteiger partial charge >= 0.3 is 0 Å². The average molecular weight is 652 g/mol. The van der Waals surface area contributed by atoms with E-state index in [1.54, 1.807) is 6.08 Å². The molecular weight excluding hydrogens is 570 g/mol. The molecule has 0 saturated heterocycles. The van der Waals surface area contributed by atoms with Gasteiger partial charge in [0.1, 0.15) is 0 Å². The maximum absolute atomic E-state index is 12.4. The largest absolute Gasteiger partial charge is 0.394 e. The van der Waals surface area contributed by atoms with Crippen molar-refractivity contribution in [3.05, 3.63) is 12.2 Å². The zero-order valence-electron chi connectivity index (χ0n) is 31.0. The molecular formula is C41H81NO4. The second-order valence-electron chi connectivity index (χ2n) is 14.3. The quantitative estimate of drug-likeness (QED) is 0.0397. The summed E-state index contributed by atoms with van der Waals surface area (Å²) in [7, 11) is 0. The maximum Gasteiger partial charge on any atom is 0.222 e. The molecule has 0 fully saturated rings. The number of aliphatic hydroxyl groups excluding tert-OH is 3. The van der Waals surface area contributed by atoms with Crippen molar-refractivity contribution in [3.8, 4) is 0 Å². The predicted octanol–water partition coefficient (Wildman–Crippen LogP) is 11.3. The molecule has 274 valence electrons. The number of carbonyl (C=O) groups is 1. The van der Waals surface area contributed by atoms with E-state index >= 15 is 0 Å². The average Bonchev–Trinajstić information content (AvgIpc) is 3.05. The van der Waals surface area contributed by atoms with Crippen LogP contribution in [0.25, 0.3) is 0 Å². The molecule has 0 aliphatic heterocycles. The van der Waals surface area contributed by atoms with Crippen LogP contribution in [0.4, 0.5) is 0 Å². The summed E-state index contributed by atoms with van der Waals surface area (Å²) >= 11 is 0. The van der Waals surface area contributed by atoms with Crippen LogP contribution in [0.3, 0.4) is 0 Å². The molecule has 1 amide bonds. The molecule has 0 heterocycles. The van der Waals surface area contributed by atoms with Crippen molar-refractivity contribution < 1.29 is 20.1 Å². The minimum absolute atomic E-state index is 0.0182. The number of hydrogen-bond acceptors (Lipinski definition) is 4. The highest BCUT2D eigenvalue weighted by Crippen LogP contribution is 2.16. The zero-order valence-corrected chi connectivity index (χ0v) is 31.0. The highest BCUT2D eigenvalue weighted by Gasteiger charge is 2.20. The zero-order chi connectivity index (χ0) is 33.8. The monoisotopic (exact) mass is 652 g/mol. The van der Waals surface area contributed by atoms with Crippen LogP contribution in [0.1, 0.15) is 219 Å². The third-order valence-corrected chi connectivity index (χ3v) is 9.57. The van der Waals surface area contributed by atoms with E-state index in [0.717, 1.165) is 25.7 Å². The van der Waals surface area contributed by atoms with Crippen molar-refractivity contribution in [3.63, 3.8) is 0 Å². The van der Waals surface area contributed by atoms with Gasteiger partial charge in [0.2, 0.25) is 5.91 Å². The van der Waals surface area contributed by atoms with Crippen LogP contribution >= 0.6 is 0 Å². The number of hydrogen-bond donors (Lipinski definition) is 4. The minimum atomic E-state index is -0.922. The van der Waals surface area contributed by atoms with Crippen LogP contribution in [0, 0.1) is 0 Å². The molecule has 5 heteroatoms. The van der Waals surface area contributed by atoms with Crippen LogP contribution < -0.4 is 5.32 Å². The van der Waals surface area contributed by atoms with Crippen LogP contribution in [0.2, 0.25) is 0 Å². The van der Waals surface area contributed by atoms with Gasteiger partial charge in [-0.1, -0.05) is 206 Å². The highest BCUT2D eigenvalue weighted by molar-refractivity contribution is 5.76. The second kappa shape index (κ2) is 36.9. The van der Waals surface area contributed by atoms with Gasteiger partial charge in [-0.2, -0.15) is 0 Å². The fourth-order valence-corrected chi connectivity index (χ4v) is 6.40. The molecule has 4 N–H and O–H groups in total. The number of aliphatic hydroxyl groups is 3. The Kier molecular flexibility index (Phi) is 36.2. The summed E-state index contributed by atoms with van der Waals surface area (Å²) in [5.74, 6) is -0.314. The fraction of sp³-hybridized carbons (Fsp3) is 0.927. The van der Waals surface area contributed by atoms with E-state index in [9.17, 15) is 20.1 Å². The first-order valence-corrected chi connectivity index (χ1v) is 20.5. The van der Waals surface area contributed by atoms with E-state index in [1.807, 2.05) is 6.08 Å². The fourth-order valence-electron chi connectivity index (χ4n) is 6.40. The van der Waals surface area contributed by atoms with Gasteiger partial charge in [-0.05, 0) is 19.3 Å². The van der Waals surface area contributed by atoms with E-state index in [2.05, 4.69) is 19.2 Å². The molecule has 0 rings (SSSR count). The molecule has 0 aromatic rings. The summed E-state index contributed by atoms with van der Waals surface area (Å²) in [5.41, 5.74) is 0. The van der Waals surface area contributed by atoms with E-state index in [1.165, 1.54) is 167 Å². The molecule has 3 unspecified atom stereocenters. The Hall–Kier alpha value is -0.910. The maximum atomic E-state index is 12.4. The molecule has 0 spiro atoms. The number of allylic oxidation sites excluding steroid dienone is 1. The Balaban J connectivity index is 3.59. The first-order chi connectivity index (χ1) is 22.5. The number of carbonyl (C=O) groups excluding carboxylic acids is 1. The van der Waals surface area contributed by atoms with Crippen molar-refractivity contribution >= 4 is 5.91 Å². The Morgan fingerprint density at radius 1 is 0.543 bits per heavy atom. The SMILES string of the molecule is CCCCCCCCCC/C=C/C(O)C(CO)NC(=O)CC(O)CCCCCCCCCCCCCCCCCCCCCCC. The van der Waals surface area contributed by atoms with E-state index < -0.39 is 18.2 Å². The summed E-state index contributed by atoms with van der Waals surface area (Å²) in [6.07, 6.45) is 42.1. The van der Waals surface area contributed by atoms with Gasteiger partial charge in [-0.15, -0.1) is 0 Å². The summed E-state index contributed by atoms with van der Waals surface area (Å²) < 4.78 is 0. The van der Waals surface area contributed by atoms with Gasteiger partial charge in [-0.3, -0.25) is 4.79 Å². The van der Waals surface area contributed by atoms with E-state index in [-0.39, 0.29) is 18.9 Å². The van der Waals surface area contributed by atoms with Crippen molar-refractivity contribution in [2.75, 3.05) is 6.61 Å². The van der Waals surface area contributed by atoms with Gasteiger partial charge in [0.25, 0.3) is 0 Å². The third kappa shape index (κ3) is 33.0. The minimum Gasteiger partial charge on any atom is -0.394 e. The Bertz CT molecular complexity index is 640. The first-order valence-electron chi connectivity index (χ1n) is 20.5. The summed E-state index contributed by atoms with van der Waals surface area (Å²) in [5, 5.41) is 33.0. The van der Waals surface area contributed by atoms with Gasteiger partial charge < -0.3 is 20.6 Å². The van der Waals surface area contributed by atoms with Crippen LogP contribution in [-0.2, 0) is 4.79 Å². The van der Waals surface area contributed by atoms with Crippen molar-refractivity contribution in [2.24, 2.45) is 0 Å². The summed E-state index contributed by atoms with van der Waals surface area (Å²) in [6.45, 7) is 4.20. The van der Waals surface area contributed by atoms with Gasteiger partial charge in [-0.25, -0.2) is 0 Å². The van der Waals surface area contributed by atoms with Crippen LogP contribution in [-0.4, -0.2) is 46.1 Å². The lowest BCUT2D eigenvalue weighted by Crippen LogP contribution is -2.45. The molecule has 46 heavy (non-hydrogen) atoms. The van der Waals surface area contributed by atoms with Crippen molar-refractivity contribution in [1.82, 2.24) is 5.32 Å². The number of nitrogens with one attached hydrogen (secondary N) is 1. The Morgan fingerprint density at radius 2 is 0.891 bits per heavy atom. The molecule has 0 aromatic heterocycles. The number of amides is 1. The van der Waals surface area contributed by atoms with E-state index in [4.69, 9.17) is 0 Å². The summed E-state index contributed by atoms with van der Waals surface area (Å²) in [4.78, 5) is 12.4. The standard InChI is InChI=1S/C41H81NO4/c1-3-5-7-9-11-13-15-16-17-18-19-20-21-22-23-24-25-26-28-30-32-34-38(44)36-41(46)42-39(37-43)40(45)35-33-31-29-27-14-12-10-8-6-4-2/h33,35,38-40,43-45H,3-32,34,36-37H2,1-2H3,(H,42,46)/b35-33+.